The van der Waals surface area contributed by atoms with Gasteiger partial charge >= 0.3 is 0 Å². The Labute approximate surface area is 170 Å². The third-order valence-electron chi connectivity index (χ3n) is 4.81. The van der Waals surface area contributed by atoms with E-state index in [4.69, 9.17) is 9.47 Å². The van der Waals surface area contributed by atoms with Gasteiger partial charge in [-0.25, -0.2) is 0 Å². The molecule has 148 valence electrons. The van der Waals surface area contributed by atoms with E-state index in [0.29, 0.717) is 31.1 Å². The van der Waals surface area contributed by atoms with Gasteiger partial charge in [0.25, 0.3) is 0 Å². The molecular formula is C24H24N2O3. The normalized spacial score (nSPS) is 13.7. The molecule has 0 bridgehead atoms. The van der Waals surface area contributed by atoms with E-state index in [1.165, 1.54) is 5.56 Å². The lowest BCUT2D eigenvalue weighted by Crippen LogP contribution is -2.34. The standard InChI is InChI=1S/C24H24N2O3/c1-18-10-12-20(13-11-18)29-23-9-5-3-7-21(23)25-24(27)17-26-14-15-28-22-8-4-2-6-19(22)16-26/h2-13H,14-17H2,1H3,(H,25,27). The van der Waals surface area contributed by atoms with Crippen LogP contribution in [-0.2, 0) is 11.3 Å². The van der Waals surface area contributed by atoms with E-state index in [0.717, 1.165) is 17.1 Å². The van der Waals surface area contributed by atoms with Crippen molar-refractivity contribution in [3.63, 3.8) is 0 Å². The van der Waals surface area contributed by atoms with Crippen LogP contribution in [0.1, 0.15) is 11.1 Å². The van der Waals surface area contributed by atoms with Crippen LogP contribution in [0.15, 0.2) is 72.8 Å². The monoisotopic (exact) mass is 388 g/mol. The number of nitrogens with one attached hydrogen (secondary N) is 1. The van der Waals surface area contributed by atoms with Crippen molar-refractivity contribution >= 4 is 11.6 Å². The van der Waals surface area contributed by atoms with Crippen molar-refractivity contribution in [1.82, 2.24) is 4.90 Å². The number of aryl methyl sites for hydroxylation is 1. The average Bonchev–Trinajstić information content (AvgIpc) is 2.92. The third-order valence-corrected chi connectivity index (χ3v) is 4.81. The Morgan fingerprint density at radius 3 is 2.66 bits per heavy atom. The molecule has 4 rings (SSSR count). The molecule has 0 atom stereocenters. The number of hydrogen-bond donors (Lipinski definition) is 1. The van der Waals surface area contributed by atoms with Crippen molar-refractivity contribution in [2.45, 2.75) is 13.5 Å². The molecule has 0 saturated heterocycles. The van der Waals surface area contributed by atoms with E-state index in [2.05, 4.69) is 10.2 Å². The van der Waals surface area contributed by atoms with Crippen molar-refractivity contribution in [2.24, 2.45) is 0 Å². The summed E-state index contributed by atoms with van der Waals surface area (Å²) in [7, 11) is 0. The molecule has 0 radical (unpaired) electrons. The number of benzene rings is 3. The SMILES string of the molecule is Cc1ccc(Oc2ccccc2NC(=O)CN2CCOc3ccccc3C2)cc1. The Bertz CT molecular complexity index is 985. The van der Waals surface area contributed by atoms with Crippen molar-refractivity contribution in [1.29, 1.82) is 0 Å². The van der Waals surface area contributed by atoms with Gasteiger partial charge in [-0.05, 0) is 37.3 Å². The number of carbonyl (C=O) groups is 1. The van der Waals surface area contributed by atoms with Gasteiger partial charge in [0.2, 0.25) is 5.91 Å². The van der Waals surface area contributed by atoms with Gasteiger partial charge in [-0.15, -0.1) is 0 Å². The zero-order valence-electron chi connectivity index (χ0n) is 16.4. The number of ether oxygens (including phenoxy) is 2. The quantitative estimate of drug-likeness (QED) is 0.693. The number of hydrogen-bond acceptors (Lipinski definition) is 4. The number of nitrogens with zero attached hydrogens (tertiary/aromatic N) is 1. The van der Waals surface area contributed by atoms with Crippen LogP contribution in [0.25, 0.3) is 0 Å². The molecule has 1 N–H and O–H groups in total. The summed E-state index contributed by atoms with van der Waals surface area (Å²) in [4.78, 5) is 14.8. The first kappa shape index (κ1) is 19.0. The second-order valence-corrected chi connectivity index (χ2v) is 7.13. The van der Waals surface area contributed by atoms with E-state index in [1.807, 2.05) is 79.7 Å². The Balaban J connectivity index is 1.42. The van der Waals surface area contributed by atoms with Gasteiger partial charge in [-0.3, -0.25) is 9.69 Å². The lowest BCUT2D eigenvalue weighted by molar-refractivity contribution is -0.117. The smallest absolute Gasteiger partial charge is 0.238 e. The lowest BCUT2D eigenvalue weighted by atomic mass is 10.2. The molecule has 0 fully saturated rings. The first-order valence-electron chi connectivity index (χ1n) is 9.74. The van der Waals surface area contributed by atoms with Crippen LogP contribution >= 0.6 is 0 Å². The van der Waals surface area contributed by atoms with Gasteiger partial charge < -0.3 is 14.8 Å². The van der Waals surface area contributed by atoms with Crippen LogP contribution in [0, 0.1) is 6.92 Å². The molecule has 0 aliphatic carbocycles. The zero-order chi connectivity index (χ0) is 20.1. The predicted molar refractivity (Wildman–Crippen MR) is 114 cm³/mol. The maximum atomic E-state index is 12.7. The summed E-state index contributed by atoms with van der Waals surface area (Å²) in [5.41, 5.74) is 2.92. The molecule has 29 heavy (non-hydrogen) atoms. The Morgan fingerprint density at radius 2 is 1.79 bits per heavy atom. The Morgan fingerprint density at radius 1 is 1.03 bits per heavy atom. The summed E-state index contributed by atoms with van der Waals surface area (Å²) in [6.07, 6.45) is 0. The maximum absolute atomic E-state index is 12.7. The van der Waals surface area contributed by atoms with Crippen LogP contribution in [-0.4, -0.2) is 30.5 Å². The largest absolute Gasteiger partial charge is 0.492 e. The van der Waals surface area contributed by atoms with Gasteiger partial charge in [0, 0.05) is 18.7 Å². The second-order valence-electron chi connectivity index (χ2n) is 7.13. The second kappa shape index (κ2) is 8.80. The van der Waals surface area contributed by atoms with Crippen molar-refractivity contribution < 1.29 is 14.3 Å². The minimum Gasteiger partial charge on any atom is -0.492 e. The van der Waals surface area contributed by atoms with E-state index >= 15 is 0 Å². The molecule has 1 aliphatic heterocycles. The van der Waals surface area contributed by atoms with Crippen molar-refractivity contribution in [2.75, 3.05) is 25.0 Å². The fraction of sp³-hybridized carbons (Fsp3) is 0.208. The first-order chi connectivity index (χ1) is 14.2. The van der Waals surface area contributed by atoms with Gasteiger partial charge in [0.1, 0.15) is 18.1 Å². The molecule has 5 heteroatoms. The topological polar surface area (TPSA) is 50.8 Å². The highest BCUT2D eigenvalue weighted by Gasteiger charge is 2.18. The highest BCUT2D eigenvalue weighted by molar-refractivity contribution is 5.93. The number of amides is 1. The van der Waals surface area contributed by atoms with E-state index in [-0.39, 0.29) is 12.5 Å². The van der Waals surface area contributed by atoms with Crippen LogP contribution in [0.5, 0.6) is 17.2 Å². The minimum atomic E-state index is -0.0793. The first-order valence-corrected chi connectivity index (χ1v) is 9.74. The molecule has 3 aromatic carbocycles. The molecule has 0 spiro atoms. The zero-order valence-corrected chi connectivity index (χ0v) is 16.4. The summed E-state index contributed by atoms with van der Waals surface area (Å²) in [5, 5.41) is 2.99. The number of carbonyl (C=O) groups excluding carboxylic acids is 1. The number of anilines is 1. The summed E-state index contributed by atoms with van der Waals surface area (Å²) in [6.45, 7) is 4.27. The summed E-state index contributed by atoms with van der Waals surface area (Å²) in [6, 6.07) is 23.3. The van der Waals surface area contributed by atoms with Crippen molar-refractivity contribution in [3.8, 4) is 17.2 Å². The highest BCUT2D eigenvalue weighted by atomic mass is 16.5. The van der Waals surface area contributed by atoms with E-state index in [9.17, 15) is 4.79 Å². The van der Waals surface area contributed by atoms with Gasteiger partial charge in [-0.1, -0.05) is 48.0 Å². The van der Waals surface area contributed by atoms with E-state index < -0.39 is 0 Å². The molecule has 5 nitrogen and oxygen atoms in total. The number of rotatable bonds is 5. The van der Waals surface area contributed by atoms with Gasteiger partial charge in [0.05, 0.1) is 12.2 Å². The molecule has 1 amide bonds. The van der Waals surface area contributed by atoms with Crippen LogP contribution in [0.2, 0.25) is 0 Å². The molecule has 0 unspecified atom stereocenters. The number of para-hydroxylation sites is 3. The fourth-order valence-electron chi connectivity index (χ4n) is 3.30. The molecule has 3 aromatic rings. The third kappa shape index (κ3) is 4.95. The van der Waals surface area contributed by atoms with Crippen molar-refractivity contribution in [3.05, 3.63) is 83.9 Å². The van der Waals surface area contributed by atoms with Crippen LogP contribution < -0.4 is 14.8 Å². The molecular weight excluding hydrogens is 364 g/mol. The van der Waals surface area contributed by atoms with Gasteiger partial charge in [0.15, 0.2) is 5.75 Å². The molecule has 1 heterocycles. The number of fused-ring (bicyclic) bond motifs is 1. The molecule has 1 aliphatic rings. The molecule has 0 aromatic heterocycles. The minimum absolute atomic E-state index is 0.0793. The highest BCUT2D eigenvalue weighted by Crippen LogP contribution is 2.29. The molecule has 0 saturated carbocycles. The van der Waals surface area contributed by atoms with Crippen LogP contribution in [0.4, 0.5) is 5.69 Å². The summed E-state index contributed by atoms with van der Waals surface area (Å²) in [5.74, 6) is 2.17. The van der Waals surface area contributed by atoms with Gasteiger partial charge in [-0.2, -0.15) is 0 Å². The Hall–Kier alpha value is -3.31. The summed E-state index contributed by atoms with van der Waals surface area (Å²) >= 11 is 0. The maximum Gasteiger partial charge on any atom is 0.238 e. The Kier molecular flexibility index (Phi) is 5.77. The fourth-order valence-corrected chi connectivity index (χ4v) is 3.30. The summed E-state index contributed by atoms with van der Waals surface area (Å²) < 4.78 is 11.8. The van der Waals surface area contributed by atoms with E-state index in [1.54, 1.807) is 0 Å². The average molecular weight is 388 g/mol. The lowest BCUT2D eigenvalue weighted by Gasteiger charge is -2.19. The predicted octanol–water partition coefficient (Wildman–Crippen LogP) is 4.62. The van der Waals surface area contributed by atoms with Crippen LogP contribution in [0.3, 0.4) is 0 Å².